The number of nitrogens with zero attached hydrogens (tertiary/aromatic N) is 4. The third-order valence-electron chi connectivity index (χ3n) is 5.56. The zero-order valence-electron chi connectivity index (χ0n) is 17.4. The summed E-state index contributed by atoms with van der Waals surface area (Å²) in [6.45, 7) is 4.82. The van der Waals surface area contributed by atoms with Crippen molar-refractivity contribution >= 4 is 28.7 Å². The van der Waals surface area contributed by atoms with Crippen molar-refractivity contribution in [2.45, 2.75) is 6.92 Å². The van der Waals surface area contributed by atoms with E-state index in [4.69, 9.17) is 9.72 Å². The Balaban J connectivity index is 1.62. The van der Waals surface area contributed by atoms with E-state index in [2.05, 4.69) is 17.0 Å². The summed E-state index contributed by atoms with van der Waals surface area (Å²) in [7, 11) is 0. The van der Waals surface area contributed by atoms with Crippen LogP contribution in [-0.2, 0) is 9.53 Å². The summed E-state index contributed by atoms with van der Waals surface area (Å²) in [5.41, 5.74) is 4.49. The third kappa shape index (κ3) is 3.66. The lowest BCUT2D eigenvalue weighted by Crippen LogP contribution is -2.36. The SMILES string of the molecule is CC(=O)N(c1ccc(N2CCOCC2)cc1)c1c(-c2ccccc2)nc2ccccn12. The van der Waals surface area contributed by atoms with Gasteiger partial charge in [0.1, 0.15) is 11.3 Å². The fraction of sp³-hybridized carbons (Fsp3) is 0.200. The molecule has 1 saturated heterocycles. The van der Waals surface area contributed by atoms with E-state index in [9.17, 15) is 4.79 Å². The maximum atomic E-state index is 12.9. The van der Waals surface area contributed by atoms with Crippen molar-refractivity contribution in [2.75, 3.05) is 36.1 Å². The van der Waals surface area contributed by atoms with Crippen molar-refractivity contribution in [1.82, 2.24) is 9.38 Å². The van der Waals surface area contributed by atoms with Gasteiger partial charge in [-0.05, 0) is 36.4 Å². The summed E-state index contributed by atoms with van der Waals surface area (Å²) in [6.07, 6.45) is 1.95. The Morgan fingerprint density at radius 3 is 2.35 bits per heavy atom. The molecule has 0 saturated carbocycles. The van der Waals surface area contributed by atoms with Crippen molar-refractivity contribution in [3.8, 4) is 11.3 Å². The molecule has 3 heterocycles. The number of carbonyl (C=O) groups is 1. The van der Waals surface area contributed by atoms with Gasteiger partial charge in [0.25, 0.3) is 0 Å². The molecular weight excluding hydrogens is 388 g/mol. The Morgan fingerprint density at radius 1 is 0.935 bits per heavy atom. The summed E-state index contributed by atoms with van der Waals surface area (Å²) < 4.78 is 7.43. The van der Waals surface area contributed by atoms with E-state index in [1.807, 2.05) is 71.3 Å². The number of benzene rings is 2. The Labute approximate surface area is 181 Å². The average molecular weight is 412 g/mol. The van der Waals surface area contributed by atoms with E-state index >= 15 is 0 Å². The molecule has 0 atom stereocenters. The maximum absolute atomic E-state index is 12.9. The first-order valence-corrected chi connectivity index (χ1v) is 10.5. The monoisotopic (exact) mass is 412 g/mol. The average Bonchev–Trinajstić information content (AvgIpc) is 3.20. The van der Waals surface area contributed by atoms with E-state index in [1.165, 1.54) is 0 Å². The number of rotatable bonds is 4. The molecule has 0 radical (unpaired) electrons. The molecule has 0 bridgehead atoms. The minimum absolute atomic E-state index is 0.0676. The van der Waals surface area contributed by atoms with E-state index in [1.54, 1.807) is 11.8 Å². The lowest BCUT2D eigenvalue weighted by molar-refractivity contribution is -0.115. The highest BCUT2D eigenvalue weighted by molar-refractivity contribution is 6.02. The summed E-state index contributed by atoms with van der Waals surface area (Å²) in [5.74, 6) is 0.676. The molecule has 0 aliphatic carbocycles. The highest BCUT2D eigenvalue weighted by Crippen LogP contribution is 2.36. The van der Waals surface area contributed by atoms with Gasteiger partial charge in [-0.25, -0.2) is 4.98 Å². The van der Waals surface area contributed by atoms with Gasteiger partial charge in [0, 0.05) is 37.5 Å². The molecule has 0 N–H and O–H groups in total. The largest absolute Gasteiger partial charge is 0.378 e. The zero-order chi connectivity index (χ0) is 21.2. The molecular formula is C25H24N4O2. The molecule has 31 heavy (non-hydrogen) atoms. The Bertz CT molecular complexity index is 1200. The number of ether oxygens (including phenoxy) is 1. The summed E-state index contributed by atoms with van der Waals surface area (Å²) >= 11 is 0. The smallest absolute Gasteiger partial charge is 0.229 e. The zero-order valence-corrected chi connectivity index (χ0v) is 17.4. The summed E-state index contributed by atoms with van der Waals surface area (Å²) in [6, 6.07) is 24.0. The quantitative estimate of drug-likeness (QED) is 0.494. The van der Waals surface area contributed by atoms with E-state index in [-0.39, 0.29) is 5.91 Å². The lowest BCUT2D eigenvalue weighted by atomic mass is 10.1. The molecule has 1 aliphatic heterocycles. The van der Waals surface area contributed by atoms with E-state index in [0.717, 1.165) is 60.4 Å². The number of anilines is 3. The maximum Gasteiger partial charge on any atom is 0.229 e. The number of hydrogen-bond acceptors (Lipinski definition) is 4. The van der Waals surface area contributed by atoms with Crippen LogP contribution < -0.4 is 9.80 Å². The van der Waals surface area contributed by atoms with Crippen LogP contribution in [0.25, 0.3) is 16.9 Å². The third-order valence-corrected chi connectivity index (χ3v) is 5.56. The number of amides is 1. The number of aromatic nitrogens is 2. The first-order valence-electron chi connectivity index (χ1n) is 10.5. The first-order chi connectivity index (χ1) is 15.2. The molecule has 4 aromatic rings. The van der Waals surface area contributed by atoms with Crippen LogP contribution in [-0.4, -0.2) is 41.6 Å². The van der Waals surface area contributed by atoms with Crippen molar-refractivity contribution in [1.29, 1.82) is 0 Å². The molecule has 0 spiro atoms. The van der Waals surface area contributed by atoms with E-state index in [0.29, 0.717) is 0 Å². The summed E-state index contributed by atoms with van der Waals surface area (Å²) in [4.78, 5) is 21.8. The number of morpholine rings is 1. The fourth-order valence-electron chi connectivity index (χ4n) is 4.07. The van der Waals surface area contributed by atoms with Crippen molar-refractivity contribution in [3.63, 3.8) is 0 Å². The van der Waals surface area contributed by atoms with Gasteiger partial charge in [0.05, 0.1) is 18.9 Å². The molecule has 0 unspecified atom stereocenters. The van der Waals surface area contributed by atoms with Gasteiger partial charge in [0.15, 0.2) is 5.82 Å². The Hall–Kier alpha value is -3.64. The predicted molar refractivity (Wildman–Crippen MR) is 123 cm³/mol. The molecule has 5 rings (SSSR count). The van der Waals surface area contributed by atoms with Gasteiger partial charge in [-0.15, -0.1) is 0 Å². The van der Waals surface area contributed by atoms with Gasteiger partial charge in [-0.3, -0.25) is 14.1 Å². The van der Waals surface area contributed by atoms with Crippen LogP contribution in [0.4, 0.5) is 17.2 Å². The van der Waals surface area contributed by atoms with Gasteiger partial charge < -0.3 is 9.64 Å². The second-order valence-electron chi connectivity index (χ2n) is 7.55. The number of carbonyl (C=O) groups excluding carboxylic acids is 1. The highest BCUT2D eigenvalue weighted by Gasteiger charge is 2.24. The predicted octanol–water partition coefficient (Wildman–Crippen LogP) is 4.52. The minimum atomic E-state index is -0.0676. The van der Waals surface area contributed by atoms with Crippen molar-refractivity contribution in [2.24, 2.45) is 0 Å². The second kappa shape index (κ2) is 8.24. The molecule has 6 heteroatoms. The Kier molecular flexibility index (Phi) is 5.14. The normalized spacial score (nSPS) is 14.0. The topological polar surface area (TPSA) is 50.1 Å². The van der Waals surface area contributed by atoms with Crippen LogP contribution in [0.5, 0.6) is 0 Å². The number of imidazole rings is 1. The van der Waals surface area contributed by atoms with Crippen LogP contribution in [0.1, 0.15) is 6.92 Å². The lowest BCUT2D eigenvalue weighted by Gasteiger charge is -2.29. The standard InChI is InChI=1S/C25H24N4O2/c1-19(30)29(22-12-10-21(11-13-22)27-15-17-31-18-16-27)25-24(20-7-3-2-4-8-20)26-23-9-5-6-14-28(23)25/h2-14H,15-18H2,1H3. The number of pyridine rings is 1. The van der Waals surface area contributed by atoms with Crippen molar-refractivity contribution in [3.05, 3.63) is 79.0 Å². The number of fused-ring (bicyclic) bond motifs is 1. The fourth-order valence-corrected chi connectivity index (χ4v) is 4.07. The molecule has 156 valence electrons. The van der Waals surface area contributed by atoms with Crippen molar-refractivity contribution < 1.29 is 9.53 Å². The molecule has 1 fully saturated rings. The van der Waals surface area contributed by atoms with Crippen LogP contribution >= 0.6 is 0 Å². The second-order valence-corrected chi connectivity index (χ2v) is 7.55. The summed E-state index contributed by atoms with van der Waals surface area (Å²) in [5, 5.41) is 0. The Morgan fingerprint density at radius 2 is 1.65 bits per heavy atom. The van der Waals surface area contributed by atoms with Crippen LogP contribution in [0.15, 0.2) is 79.0 Å². The van der Waals surface area contributed by atoms with E-state index < -0.39 is 0 Å². The molecule has 2 aromatic carbocycles. The molecule has 1 amide bonds. The van der Waals surface area contributed by atoms with Crippen LogP contribution in [0.3, 0.4) is 0 Å². The van der Waals surface area contributed by atoms with Gasteiger partial charge in [-0.1, -0.05) is 36.4 Å². The molecule has 1 aliphatic rings. The number of hydrogen-bond donors (Lipinski definition) is 0. The molecule has 6 nitrogen and oxygen atoms in total. The van der Waals surface area contributed by atoms with Gasteiger partial charge in [0.2, 0.25) is 5.91 Å². The first kappa shape index (κ1) is 19.3. The van der Waals surface area contributed by atoms with Gasteiger partial charge in [-0.2, -0.15) is 0 Å². The van der Waals surface area contributed by atoms with Crippen LogP contribution in [0.2, 0.25) is 0 Å². The van der Waals surface area contributed by atoms with Crippen LogP contribution in [0, 0.1) is 0 Å². The van der Waals surface area contributed by atoms with Gasteiger partial charge >= 0.3 is 0 Å². The minimum Gasteiger partial charge on any atom is -0.378 e. The molecule has 2 aromatic heterocycles. The highest BCUT2D eigenvalue weighted by atomic mass is 16.5.